The fraction of sp³-hybridized carbons (Fsp3) is 0.133. The summed E-state index contributed by atoms with van der Waals surface area (Å²) in [7, 11) is 1.62. The van der Waals surface area contributed by atoms with Gasteiger partial charge in [-0.25, -0.2) is 4.99 Å². The van der Waals surface area contributed by atoms with Gasteiger partial charge in [-0.15, -0.1) is 24.0 Å². The largest absolute Gasteiger partial charge is 0.497 e. The summed E-state index contributed by atoms with van der Waals surface area (Å²) >= 11 is 5.83. The average Bonchev–Trinajstić information content (AvgIpc) is 2.47. The summed E-state index contributed by atoms with van der Waals surface area (Å²) in [4.78, 5) is 4.27. The van der Waals surface area contributed by atoms with Crippen molar-refractivity contribution < 1.29 is 4.74 Å². The Morgan fingerprint density at radius 3 is 2.62 bits per heavy atom. The molecule has 0 aliphatic heterocycles. The van der Waals surface area contributed by atoms with Gasteiger partial charge in [-0.05, 0) is 29.8 Å². The molecule has 0 saturated carbocycles. The number of aliphatic imine (C=N–C) groups is 1. The van der Waals surface area contributed by atoms with Gasteiger partial charge in [0.15, 0.2) is 5.96 Å². The highest BCUT2D eigenvalue weighted by Crippen LogP contribution is 2.16. The van der Waals surface area contributed by atoms with Crippen molar-refractivity contribution in [3.63, 3.8) is 0 Å². The summed E-state index contributed by atoms with van der Waals surface area (Å²) in [5.74, 6) is 1.12. The lowest BCUT2D eigenvalue weighted by molar-refractivity contribution is 0.415. The van der Waals surface area contributed by atoms with Crippen molar-refractivity contribution in [2.24, 2.45) is 10.7 Å². The number of anilines is 1. The quantitative estimate of drug-likeness (QED) is 0.451. The summed E-state index contributed by atoms with van der Waals surface area (Å²) in [5.41, 5.74) is 7.73. The fourth-order valence-corrected chi connectivity index (χ4v) is 1.78. The van der Waals surface area contributed by atoms with Crippen LogP contribution in [0.3, 0.4) is 0 Å². The van der Waals surface area contributed by atoms with Crippen LogP contribution >= 0.6 is 35.6 Å². The molecule has 0 heterocycles. The molecular weight excluding hydrogens is 401 g/mol. The summed E-state index contributed by atoms with van der Waals surface area (Å²) in [6.07, 6.45) is 0. The summed E-state index contributed by atoms with van der Waals surface area (Å²) < 4.78 is 5.14. The average molecular weight is 418 g/mol. The van der Waals surface area contributed by atoms with E-state index in [-0.39, 0.29) is 24.0 Å². The van der Waals surface area contributed by atoms with Crippen LogP contribution < -0.4 is 15.8 Å². The molecular formula is C15H17ClIN3O. The highest BCUT2D eigenvalue weighted by molar-refractivity contribution is 14.0. The van der Waals surface area contributed by atoms with Crippen LogP contribution in [-0.2, 0) is 6.54 Å². The normalized spacial score (nSPS) is 10.7. The van der Waals surface area contributed by atoms with Crippen LogP contribution in [0.4, 0.5) is 5.69 Å². The van der Waals surface area contributed by atoms with Gasteiger partial charge < -0.3 is 15.8 Å². The molecule has 0 aliphatic rings. The summed E-state index contributed by atoms with van der Waals surface area (Å²) in [6.45, 7) is 0.500. The molecule has 112 valence electrons. The summed E-state index contributed by atoms with van der Waals surface area (Å²) in [6, 6.07) is 15.0. The molecule has 0 aliphatic carbocycles. The first-order chi connectivity index (χ1) is 9.67. The van der Waals surface area contributed by atoms with Crippen LogP contribution in [0.25, 0.3) is 0 Å². The Hall–Kier alpha value is -1.47. The third-order valence-electron chi connectivity index (χ3n) is 2.69. The van der Waals surface area contributed by atoms with Gasteiger partial charge in [0.25, 0.3) is 0 Å². The molecule has 0 atom stereocenters. The SMILES string of the molecule is COc1cccc(NC(N)=NCc2ccc(Cl)cc2)c1.I. The lowest BCUT2D eigenvalue weighted by atomic mass is 10.2. The number of hydrogen-bond acceptors (Lipinski definition) is 2. The molecule has 2 aromatic rings. The van der Waals surface area contributed by atoms with E-state index in [1.165, 1.54) is 0 Å². The Balaban J connectivity index is 0.00000220. The highest BCUT2D eigenvalue weighted by atomic mass is 127. The minimum absolute atomic E-state index is 0. The molecule has 21 heavy (non-hydrogen) atoms. The summed E-state index contributed by atoms with van der Waals surface area (Å²) in [5, 5.41) is 3.73. The van der Waals surface area contributed by atoms with Crippen LogP contribution in [-0.4, -0.2) is 13.1 Å². The topological polar surface area (TPSA) is 59.6 Å². The first-order valence-electron chi connectivity index (χ1n) is 6.13. The second-order valence-corrected chi connectivity index (χ2v) is 4.62. The lowest BCUT2D eigenvalue weighted by Crippen LogP contribution is -2.22. The Kier molecular flexibility index (Phi) is 7.31. The van der Waals surface area contributed by atoms with E-state index in [9.17, 15) is 0 Å². The van der Waals surface area contributed by atoms with E-state index in [2.05, 4.69) is 10.3 Å². The van der Waals surface area contributed by atoms with Gasteiger partial charge in [-0.3, -0.25) is 0 Å². The second kappa shape index (κ2) is 8.74. The van der Waals surface area contributed by atoms with Crippen LogP contribution in [0, 0.1) is 0 Å². The van der Waals surface area contributed by atoms with E-state index in [0.717, 1.165) is 17.0 Å². The van der Waals surface area contributed by atoms with Gasteiger partial charge in [0.1, 0.15) is 5.75 Å². The molecule has 0 aromatic heterocycles. The van der Waals surface area contributed by atoms with Gasteiger partial charge in [-0.2, -0.15) is 0 Å². The van der Waals surface area contributed by atoms with Crippen molar-refractivity contribution in [3.8, 4) is 5.75 Å². The Morgan fingerprint density at radius 2 is 1.95 bits per heavy atom. The zero-order valence-corrected chi connectivity index (χ0v) is 14.6. The van der Waals surface area contributed by atoms with E-state index in [1.54, 1.807) is 7.11 Å². The third kappa shape index (κ3) is 5.81. The number of rotatable bonds is 4. The number of guanidine groups is 1. The lowest BCUT2D eigenvalue weighted by Gasteiger charge is -2.07. The molecule has 0 fully saturated rings. The van der Waals surface area contributed by atoms with Crippen molar-refractivity contribution in [1.29, 1.82) is 0 Å². The van der Waals surface area contributed by atoms with E-state index in [1.807, 2.05) is 48.5 Å². The molecule has 6 heteroatoms. The van der Waals surface area contributed by atoms with Gasteiger partial charge in [0, 0.05) is 16.8 Å². The molecule has 2 rings (SSSR count). The van der Waals surface area contributed by atoms with Gasteiger partial charge in [0.2, 0.25) is 0 Å². The molecule has 2 aromatic carbocycles. The molecule has 0 radical (unpaired) electrons. The van der Waals surface area contributed by atoms with Crippen molar-refractivity contribution in [2.45, 2.75) is 6.54 Å². The first kappa shape index (κ1) is 17.6. The molecule has 0 bridgehead atoms. The standard InChI is InChI=1S/C15H16ClN3O.HI/c1-20-14-4-2-3-13(9-14)19-15(17)18-10-11-5-7-12(16)8-6-11;/h2-9H,10H2,1H3,(H3,17,18,19);1H. The van der Waals surface area contributed by atoms with Crippen LogP contribution in [0.5, 0.6) is 5.75 Å². The predicted molar refractivity (Wildman–Crippen MR) is 98.8 cm³/mol. The van der Waals surface area contributed by atoms with Crippen molar-refractivity contribution >= 4 is 47.2 Å². The van der Waals surface area contributed by atoms with E-state index >= 15 is 0 Å². The Morgan fingerprint density at radius 1 is 1.24 bits per heavy atom. The molecule has 0 unspecified atom stereocenters. The number of nitrogens with zero attached hydrogens (tertiary/aromatic N) is 1. The zero-order valence-electron chi connectivity index (χ0n) is 11.5. The smallest absolute Gasteiger partial charge is 0.193 e. The molecule has 4 nitrogen and oxygen atoms in total. The Bertz CT molecular complexity index is 602. The minimum atomic E-state index is 0. The predicted octanol–water partition coefficient (Wildman–Crippen LogP) is 3.89. The third-order valence-corrected chi connectivity index (χ3v) is 2.94. The number of hydrogen-bond donors (Lipinski definition) is 2. The first-order valence-corrected chi connectivity index (χ1v) is 6.50. The van der Waals surface area contributed by atoms with E-state index < -0.39 is 0 Å². The monoisotopic (exact) mass is 417 g/mol. The number of halogens is 2. The number of nitrogens with two attached hydrogens (primary N) is 1. The van der Waals surface area contributed by atoms with Crippen LogP contribution in [0.2, 0.25) is 5.02 Å². The molecule has 0 amide bonds. The maximum Gasteiger partial charge on any atom is 0.193 e. The fourth-order valence-electron chi connectivity index (χ4n) is 1.65. The Labute approximate surface area is 146 Å². The van der Waals surface area contributed by atoms with Crippen LogP contribution in [0.15, 0.2) is 53.5 Å². The van der Waals surface area contributed by atoms with Crippen molar-refractivity contribution in [3.05, 3.63) is 59.1 Å². The number of nitrogens with one attached hydrogen (secondary N) is 1. The minimum Gasteiger partial charge on any atom is -0.497 e. The van der Waals surface area contributed by atoms with Crippen molar-refractivity contribution in [1.82, 2.24) is 0 Å². The maximum absolute atomic E-state index is 5.85. The molecule has 0 saturated heterocycles. The number of ether oxygens (including phenoxy) is 1. The van der Waals surface area contributed by atoms with Gasteiger partial charge in [-0.1, -0.05) is 29.8 Å². The van der Waals surface area contributed by atoms with Gasteiger partial charge in [0.05, 0.1) is 13.7 Å². The zero-order chi connectivity index (χ0) is 14.4. The number of methoxy groups -OCH3 is 1. The molecule has 3 N–H and O–H groups in total. The maximum atomic E-state index is 5.85. The number of benzene rings is 2. The van der Waals surface area contributed by atoms with Crippen LogP contribution in [0.1, 0.15) is 5.56 Å². The van der Waals surface area contributed by atoms with E-state index in [4.69, 9.17) is 22.1 Å². The molecule has 0 spiro atoms. The second-order valence-electron chi connectivity index (χ2n) is 4.18. The van der Waals surface area contributed by atoms with E-state index in [0.29, 0.717) is 17.5 Å². The highest BCUT2D eigenvalue weighted by Gasteiger charge is 1.98. The van der Waals surface area contributed by atoms with Gasteiger partial charge >= 0.3 is 0 Å². The van der Waals surface area contributed by atoms with Crippen molar-refractivity contribution in [2.75, 3.05) is 12.4 Å².